The number of ether oxygens (including phenoxy) is 1. The largest absolute Gasteiger partial charge is 0.482 e. The molecule has 8 heteroatoms. The third-order valence-corrected chi connectivity index (χ3v) is 3.36. The summed E-state index contributed by atoms with van der Waals surface area (Å²) in [5, 5.41) is 4.69. The fraction of sp³-hybridized carbons (Fsp3) is 0.0625. The van der Waals surface area contributed by atoms with Gasteiger partial charge >= 0.3 is 0 Å². The third-order valence-electron chi connectivity index (χ3n) is 2.81. The van der Waals surface area contributed by atoms with Crippen LogP contribution in [0.2, 0.25) is 10.0 Å². The van der Waals surface area contributed by atoms with E-state index < -0.39 is 5.91 Å². The Morgan fingerprint density at radius 1 is 1.17 bits per heavy atom. The Hall–Kier alpha value is -2.57. The molecule has 0 radical (unpaired) electrons. The van der Waals surface area contributed by atoms with Crippen molar-refractivity contribution in [3.63, 3.8) is 0 Å². The molecule has 0 aromatic heterocycles. The molecule has 2 aromatic carbocycles. The minimum atomic E-state index is -0.596. The van der Waals surface area contributed by atoms with Gasteiger partial charge in [0, 0.05) is 10.6 Å². The Balaban J connectivity index is 1.96. The minimum absolute atomic E-state index is 0.260. The van der Waals surface area contributed by atoms with Crippen LogP contribution in [-0.4, -0.2) is 24.6 Å². The van der Waals surface area contributed by atoms with Gasteiger partial charge in [-0.15, -0.1) is 0 Å². The quantitative estimate of drug-likeness (QED) is 0.608. The highest BCUT2D eigenvalue weighted by Gasteiger charge is 2.05. The lowest BCUT2D eigenvalue weighted by molar-refractivity contribution is -0.119. The van der Waals surface area contributed by atoms with Crippen molar-refractivity contribution < 1.29 is 14.3 Å². The SMILES string of the molecule is NC(=O)COc1ccc(/C=N/NC(=O)c2ccc(Cl)cc2)cc1Cl. The van der Waals surface area contributed by atoms with Crippen molar-refractivity contribution >= 4 is 41.2 Å². The molecule has 0 fully saturated rings. The molecule has 0 unspecified atom stereocenters. The van der Waals surface area contributed by atoms with Gasteiger partial charge < -0.3 is 10.5 Å². The zero-order valence-corrected chi connectivity index (χ0v) is 13.8. The number of benzene rings is 2. The second-order valence-electron chi connectivity index (χ2n) is 4.65. The molecule has 0 aliphatic carbocycles. The van der Waals surface area contributed by atoms with Crippen LogP contribution < -0.4 is 15.9 Å². The first-order valence-corrected chi connectivity index (χ1v) is 7.51. The normalized spacial score (nSPS) is 10.6. The monoisotopic (exact) mass is 365 g/mol. The van der Waals surface area contributed by atoms with E-state index in [0.717, 1.165) is 0 Å². The number of hydrogen-bond acceptors (Lipinski definition) is 4. The van der Waals surface area contributed by atoms with Crippen LogP contribution in [0.15, 0.2) is 47.6 Å². The van der Waals surface area contributed by atoms with E-state index in [4.69, 9.17) is 33.7 Å². The summed E-state index contributed by atoms with van der Waals surface area (Å²) in [5.74, 6) is -0.630. The molecule has 0 spiro atoms. The number of halogens is 2. The number of amides is 2. The Bertz CT molecular complexity index is 777. The van der Waals surface area contributed by atoms with Crippen molar-refractivity contribution in [3.8, 4) is 5.75 Å². The van der Waals surface area contributed by atoms with Crippen LogP contribution in [0.25, 0.3) is 0 Å². The molecule has 0 heterocycles. The molecule has 2 amide bonds. The number of rotatable bonds is 6. The number of hydrazone groups is 1. The maximum atomic E-state index is 11.9. The molecule has 0 aliphatic heterocycles. The number of nitrogens with one attached hydrogen (secondary N) is 1. The van der Waals surface area contributed by atoms with Crippen LogP contribution in [0.5, 0.6) is 5.75 Å². The number of hydrogen-bond donors (Lipinski definition) is 2. The second kappa shape index (κ2) is 8.33. The molecule has 3 N–H and O–H groups in total. The van der Waals surface area contributed by atoms with Gasteiger partial charge in [-0.2, -0.15) is 5.10 Å². The predicted molar refractivity (Wildman–Crippen MR) is 92.7 cm³/mol. The van der Waals surface area contributed by atoms with Crippen LogP contribution in [0.1, 0.15) is 15.9 Å². The van der Waals surface area contributed by atoms with Crippen molar-refractivity contribution in [1.82, 2.24) is 5.43 Å². The van der Waals surface area contributed by atoms with E-state index in [2.05, 4.69) is 10.5 Å². The molecule has 0 bridgehead atoms. The average molecular weight is 366 g/mol. The van der Waals surface area contributed by atoms with Gasteiger partial charge in [0.25, 0.3) is 11.8 Å². The molecule has 2 rings (SSSR count). The first-order chi connectivity index (χ1) is 11.5. The number of primary amides is 1. The molecule has 6 nitrogen and oxygen atoms in total. The fourth-order valence-corrected chi connectivity index (χ4v) is 2.06. The van der Waals surface area contributed by atoms with Gasteiger partial charge in [-0.25, -0.2) is 5.43 Å². The summed E-state index contributed by atoms with van der Waals surface area (Å²) in [5.41, 5.74) is 8.46. The Morgan fingerprint density at radius 2 is 1.88 bits per heavy atom. The lowest BCUT2D eigenvalue weighted by Crippen LogP contribution is -2.20. The fourth-order valence-electron chi connectivity index (χ4n) is 1.69. The number of nitrogens with zero attached hydrogens (tertiary/aromatic N) is 1. The van der Waals surface area contributed by atoms with Crippen molar-refractivity contribution in [3.05, 3.63) is 63.6 Å². The van der Waals surface area contributed by atoms with Crippen molar-refractivity contribution in [1.29, 1.82) is 0 Å². The maximum Gasteiger partial charge on any atom is 0.271 e. The van der Waals surface area contributed by atoms with Crippen molar-refractivity contribution in [2.24, 2.45) is 10.8 Å². The van der Waals surface area contributed by atoms with E-state index in [0.29, 0.717) is 26.9 Å². The van der Waals surface area contributed by atoms with Gasteiger partial charge in [-0.1, -0.05) is 23.2 Å². The Labute approximate surface area is 148 Å². The highest BCUT2D eigenvalue weighted by atomic mass is 35.5. The lowest BCUT2D eigenvalue weighted by Gasteiger charge is -2.06. The molecule has 0 saturated heterocycles. The van der Waals surface area contributed by atoms with Crippen LogP contribution in [0.4, 0.5) is 0 Å². The van der Waals surface area contributed by atoms with E-state index in [-0.39, 0.29) is 12.5 Å². The van der Waals surface area contributed by atoms with E-state index in [9.17, 15) is 9.59 Å². The maximum absolute atomic E-state index is 11.9. The molecule has 24 heavy (non-hydrogen) atoms. The average Bonchev–Trinajstić information content (AvgIpc) is 2.54. The van der Waals surface area contributed by atoms with Gasteiger partial charge in [0.1, 0.15) is 5.75 Å². The molecule has 0 atom stereocenters. The van der Waals surface area contributed by atoms with E-state index >= 15 is 0 Å². The van der Waals surface area contributed by atoms with Gasteiger partial charge in [0.05, 0.1) is 11.2 Å². The van der Waals surface area contributed by atoms with Gasteiger partial charge in [-0.05, 0) is 48.0 Å². The summed E-state index contributed by atoms with van der Waals surface area (Å²) in [6, 6.07) is 11.2. The first-order valence-electron chi connectivity index (χ1n) is 6.75. The number of carbonyl (C=O) groups excluding carboxylic acids is 2. The molecule has 124 valence electrons. The molecule has 0 saturated carbocycles. The van der Waals surface area contributed by atoms with Crippen molar-refractivity contribution in [2.45, 2.75) is 0 Å². The summed E-state index contributed by atoms with van der Waals surface area (Å²) < 4.78 is 5.13. The lowest BCUT2D eigenvalue weighted by atomic mass is 10.2. The summed E-state index contributed by atoms with van der Waals surface area (Å²) in [7, 11) is 0. The topological polar surface area (TPSA) is 93.8 Å². The number of carbonyl (C=O) groups is 2. The van der Waals surface area contributed by atoms with Crippen LogP contribution in [0.3, 0.4) is 0 Å². The van der Waals surface area contributed by atoms with Crippen LogP contribution >= 0.6 is 23.2 Å². The zero-order chi connectivity index (χ0) is 17.5. The summed E-state index contributed by atoms with van der Waals surface area (Å²) in [6.07, 6.45) is 1.43. The third kappa shape index (κ3) is 5.26. The molecular weight excluding hydrogens is 353 g/mol. The van der Waals surface area contributed by atoms with E-state index in [1.807, 2.05) is 0 Å². The molecule has 2 aromatic rings. The molecule has 0 aliphatic rings. The Morgan fingerprint density at radius 3 is 2.50 bits per heavy atom. The highest BCUT2D eigenvalue weighted by molar-refractivity contribution is 6.32. The van der Waals surface area contributed by atoms with Gasteiger partial charge in [0.2, 0.25) is 0 Å². The second-order valence-corrected chi connectivity index (χ2v) is 5.49. The molecular formula is C16H13Cl2N3O3. The Kier molecular flexibility index (Phi) is 6.17. The van der Waals surface area contributed by atoms with Gasteiger partial charge in [0.15, 0.2) is 6.61 Å². The zero-order valence-electron chi connectivity index (χ0n) is 12.3. The van der Waals surface area contributed by atoms with Gasteiger partial charge in [-0.3, -0.25) is 9.59 Å². The smallest absolute Gasteiger partial charge is 0.271 e. The predicted octanol–water partition coefficient (Wildman–Crippen LogP) is 2.62. The highest BCUT2D eigenvalue weighted by Crippen LogP contribution is 2.24. The minimum Gasteiger partial charge on any atom is -0.482 e. The summed E-state index contributed by atoms with van der Waals surface area (Å²) in [4.78, 5) is 22.5. The first kappa shape index (κ1) is 17.8. The summed E-state index contributed by atoms with van der Waals surface area (Å²) in [6.45, 7) is -0.260. The van der Waals surface area contributed by atoms with Crippen LogP contribution in [-0.2, 0) is 4.79 Å². The standard InChI is InChI=1S/C16H13Cl2N3O3/c17-12-4-2-11(3-5-12)16(23)21-20-8-10-1-6-14(13(18)7-10)24-9-15(19)22/h1-8H,9H2,(H2,19,22)(H,21,23)/b20-8+. The van der Waals surface area contributed by atoms with Crippen LogP contribution in [0, 0.1) is 0 Å². The number of nitrogens with two attached hydrogens (primary N) is 1. The van der Waals surface area contributed by atoms with E-state index in [1.54, 1.807) is 42.5 Å². The summed E-state index contributed by atoms with van der Waals surface area (Å²) >= 11 is 11.8. The van der Waals surface area contributed by atoms with E-state index in [1.165, 1.54) is 6.21 Å². The van der Waals surface area contributed by atoms with Crippen molar-refractivity contribution in [2.75, 3.05) is 6.61 Å².